The third kappa shape index (κ3) is 3.69. The Morgan fingerprint density at radius 1 is 1.44 bits per heavy atom. The molecule has 1 aromatic rings. The van der Waals surface area contributed by atoms with Crippen LogP contribution in [0.2, 0.25) is 0 Å². The molecule has 0 heterocycles. The largest absolute Gasteiger partial charge is 0.483 e. The number of rotatable bonds is 3. The molecule has 2 nitrogen and oxygen atoms in total. The molecule has 0 aromatic heterocycles. The molecule has 2 N–H and O–H groups in total. The molecule has 0 aliphatic rings. The van der Waals surface area contributed by atoms with Crippen molar-refractivity contribution >= 4 is 17.2 Å². The monoisotopic (exact) mass is 249 g/mol. The van der Waals surface area contributed by atoms with Gasteiger partial charge in [0.05, 0.1) is 5.56 Å². The van der Waals surface area contributed by atoms with Gasteiger partial charge in [0.2, 0.25) is 0 Å². The number of hydrogen-bond acceptors (Lipinski definition) is 2. The first-order valence-electron chi connectivity index (χ1n) is 4.39. The molecule has 0 atom stereocenters. The Kier molecular flexibility index (Phi) is 3.74. The van der Waals surface area contributed by atoms with Gasteiger partial charge in [-0.3, -0.25) is 0 Å². The lowest BCUT2D eigenvalue weighted by atomic mass is 10.1. The number of hydrogen-bond donors (Lipinski definition) is 1. The molecule has 1 rings (SSSR count). The van der Waals surface area contributed by atoms with Gasteiger partial charge in [0, 0.05) is 0 Å². The standard InChI is InChI=1S/C10H10F3NOS/c1-6-2-3-8(7(4-6)9(14)16)15-5-10(11,12)13/h2-4H,5H2,1H3,(H2,14,16). The SMILES string of the molecule is Cc1ccc(OCC(F)(F)F)c(C(N)=S)c1. The van der Waals surface area contributed by atoms with Crippen molar-refractivity contribution in [3.05, 3.63) is 29.3 Å². The van der Waals surface area contributed by atoms with Crippen LogP contribution in [0.3, 0.4) is 0 Å². The van der Waals surface area contributed by atoms with Gasteiger partial charge in [-0.15, -0.1) is 0 Å². The summed E-state index contributed by atoms with van der Waals surface area (Å²) in [6.45, 7) is 0.432. The van der Waals surface area contributed by atoms with Gasteiger partial charge in [0.15, 0.2) is 6.61 Å². The van der Waals surface area contributed by atoms with Crippen LogP contribution in [0.4, 0.5) is 13.2 Å². The van der Waals surface area contributed by atoms with E-state index in [2.05, 4.69) is 4.74 Å². The molecule has 0 spiro atoms. The van der Waals surface area contributed by atoms with Gasteiger partial charge < -0.3 is 10.5 Å². The second kappa shape index (κ2) is 4.69. The van der Waals surface area contributed by atoms with Crippen LogP contribution in [0, 0.1) is 6.92 Å². The van der Waals surface area contributed by atoms with E-state index in [4.69, 9.17) is 18.0 Å². The van der Waals surface area contributed by atoms with Crippen LogP contribution < -0.4 is 10.5 Å². The summed E-state index contributed by atoms with van der Waals surface area (Å²) in [5.41, 5.74) is 6.56. The molecule has 0 saturated carbocycles. The third-order valence-electron chi connectivity index (χ3n) is 1.79. The van der Waals surface area contributed by atoms with Crippen LogP contribution in [0.5, 0.6) is 5.75 Å². The van der Waals surface area contributed by atoms with Crippen molar-refractivity contribution in [2.75, 3.05) is 6.61 Å². The fourth-order valence-corrected chi connectivity index (χ4v) is 1.28. The molecule has 0 bridgehead atoms. The first-order valence-corrected chi connectivity index (χ1v) is 4.80. The van der Waals surface area contributed by atoms with Gasteiger partial charge in [-0.1, -0.05) is 23.8 Å². The molecule has 0 aliphatic carbocycles. The van der Waals surface area contributed by atoms with E-state index in [9.17, 15) is 13.2 Å². The molecule has 16 heavy (non-hydrogen) atoms. The highest BCUT2D eigenvalue weighted by atomic mass is 32.1. The molecular formula is C10H10F3NOS. The van der Waals surface area contributed by atoms with E-state index in [1.807, 2.05) is 0 Å². The molecule has 0 amide bonds. The normalized spacial score (nSPS) is 11.2. The zero-order valence-electron chi connectivity index (χ0n) is 8.47. The van der Waals surface area contributed by atoms with E-state index in [1.54, 1.807) is 19.1 Å². The lowest BCUT2D eigenvalue weighted by molar-refractivity contribution is -0.153. The quantitative estimate of drug-likeness (QED) is 0.836. The van der Waals surface area contributed by atoms with Gasteiger partial charge in [-0.05, 0) is 19.1 Å². The lowest BCUT2D eigenvalue weighted by Gasteiger charge is -2.12. The maximum Gasteiger partial charge on any atom is 0.422 e. The van der Waals surface area contributed by atoms with Crippen molar-refractivity contribution < 1.29 is 17.9 Å². The number of ether oxygens (including phenoxy) is 1. The van der Waals surface area contributed by atoms with E-state index < -0.39 is 12.8 Å². The summed E-state index contributed by atoms with van der Waals surface area (Å²) < 4.78 is 40.5. The number of halogens is 3. The average Bonchev–Trinajstić information content (AvgIpc) is 2.14. The Labute approximate surface area is 96.2 Å². The fourth-order valence-electron chi connectivity index (χ4n) is 1.12. The first-order chi connectivity index (χ1) is 7.29. The number of benzene rings is 1. The van der Waals surface area contributed by atoms with Crippen molar-refractivity contribution in [3.63, 3.8) is 0 Å². The third-order valence-corrected chi connectivity index (χ3v) is 2.01. The van der Waals surface area contributed by atoms with Crippen molar-refractivity contribution in [1.29, 1.82) is 0 Å². The highest BCUT2D eigenvalue weighted by molar-refractivity contribution is 7.80. The molecule has 0 aliphatic heterocycles. The highest BCUT2D eigenvalue weighted by Crippen LogP contribution is 2.23. The van der Waals surface area contributed by atoms with Crippen molar-refractivity contribution in [2.45, 2.75) is 13.1 Å². The van der Waals surface area contributed by atoms with Crippen LogP contribution >= 0.6 is 12.2 Å². The summed E-state index contributed by atoms with van der Waals surface area (Å²) in [6.07, 6.45) is -4.38. The van der Waals surface area contributed by atoms with Crippen molar-refractivity contribution in [3.8, 4) is 5.75 Å². The number of nitrogens with two attached hydrogens (primary N) is 1. The summed E-state index contributed by atoms with van der Waals surface area (Å²) in [6, 6.07) is 4.65. The smallest absolute Gasteiger partial charge is 0.422 e. The van der Waals surface area contributed by atoms with E-state index >= 15 is 0 Å². The summed E-state index contributed by atoms with van der Waals surface area (Å²) in [5.74, 6) is 0.0513. The Morgan fingerprint density at radius 2 is 2.06 bits per heavy atom. The van der Waals surface area contributed by atoms with Crippen LogP contribution in [0.1, 0.15) is 11.1 Å². The van der Waals surface area contributed by atoms with Gasteiger partial charge in [0.25, 0.3) is 0 Å². The summed E-state index contributed by atoms with van der Waals surface area (Å²) in [7, 11) is 0. The van der Waals surface area contributed by atoms with Crippen LogP contribution in [0.15, 0.2) is 18.2 Å². The van der Waals surface area contributed by atoms with Gasteiger partial charge in [-0.2, -0.15) is 13.2 Å². The maximum atomic E-state index is 12.0. The van der Waals surface area contributed by atoms with E-state index in [0.29, 0.717) is 5.56 Å². The van der Waals surface area contributed by atoms with Gasteiger partial charge in [0.1, 0.15) is 10.7 Å². The molecule has 0 radical (unpaired) electrons. The molecule has 0 fully saturated rings. The molecule has 1 aromatic carbocycles. The predicted molar refractivity (Wildman–Crippen MR) is 58.6 cm³/mol. The van der Waals surface area contributed by atoms with E-state index in [-0.39, 0.29) is 10.7 Å². The van der Waals surface area contributed by atoms with Crippen molar-refractivity contribution in [1.82, 2.24) is 0 Å². The maximum absolute atomic E-state index is 12.0. The Bertz CT molecular complexity index is 404. The molecule has 6 heteroatoms. The second-order valence-corrected chi connectivity index (χ2v) is 3.71. The molecule has 88 valence electrons. The number of alkyl halides is 3. The zero-order valence-corrected chi connectivity index (χ0v) is 9.28. The van der Waals surface area contributed by atoms with Gasteiger partial charge in [-0.25, -0.2) is 0 Å². The predicted octanol–water partition coefficient (Wildman–Crippen LogP) is 2.57. The van der Waals surface area contributed by atoms with E-state index in [0.717, 1.165) is 5.56 Å². The Morgan fingerprint density at radius 3 is 2.56 bits per heavy atom. The number of aryl methyl sites for hydroxylation is 1. The van der Waals surface area contributed by atoms with Crippen LogP contribution in [-0.4, -0.2) is 17.8 Å². The minimum Gasteiger partial charge on any atom is -0.483 e. The topological polar surface area (TPSA) is 35.2 Å². The van der Waals surface area contributed by atoms with Crippen LogP contribution in [0.25, 0.3) is 0 Å². The summed E-state index contributed by atoms with van der Waals surface area (Å²) in [4.78, 5) is 0.0147. The Hall–Kier alpha value is -1.30. The minimum absolute atomic E-state index is 0.0147. The molecule has 0 unspecified atom stereocenters. The van der Waals surface area contributed by atoms with Gasteiger partial charge >= 0.3 is 6.18 Å². The van der Waals surface area contributed by atoms with E-state index in [1.165, 1.54) is 6.07 Å². The zero-order chi connectivity index (χ0) is 12.3. The number of thiocarbonyl (C=S) groups is 1. The molecule has 0 saturated heterocycles. The molecular weight excluding hydrogens is 239 g/mol. The minimum atomic E-state index is -4.38. The summed E-state index contributed by atoms with van der Waals surface area (Å²) in [5, 5.41) is 0. The first kappa shape index (κ1) is 12.8. The second-order valence-electron chi connectivity index (χ2n) is 3.27. The lowest BCUT2D eigenvalue weighted by Crippen LogP contribution is -2.21. The fraction of sp³-hybridized carbons (Fsp3) is 0.300. The highest BCUT2D eigenvalue weighted by Gasteiger charge is 2.28. The Balaban J connectivity index is 2.91. The summed E-state index contributed by atoms with van der Waals surface area (Å²) >= 11 is 4.73. The average molecular weight is 249 g/mol. The van der Waals surface area contributed by atoms with Crippen LogP contribution in [-0.2, 0) is 0 Å². The van der Waals surface area contributed by atoms with Crippen molar-refractivity contribution in [2.24, 2.45) is 5.73 Å².